The third-order valence-corrected chi connectivity index (χ3v) is 22.6. The van der Waals surface area contributed by atoms with Crippen LogP contribution in [0.1, 0.15) is 90.8 Å². The maximum Gasteiger partial charge on any atom is 2.00 e. The zero-order valence-electron chi connectivity index (χ0n) is 81.3. The van der Waals surface area contributed by atoms with E-state index in [0.29, 0.717) is 11.6 Å². The SMILES string of the molecule is C(=Cc1ncc[n-]1)c1ccccn1.C(=Cc1ncc[n-]1)c1ccccn1.Cc1cc(C)c(-c2ccccc2-c2ccccn2)[n-]1.Cc1cc(C)c(-c2ccccc2-c2ccccn2)[n-]1.Cc1cc(C)c(C=Cc2ccccn2)[n-]1.Cc1cc(C)c(C=Cc2ccccn2)[n-]1.[Zn+2].[Zn+2].[Zn+2].[Zn+2].c1ccc(-c2cccc3c4ccccc4c4nc[n-]c4c23)nc1.c1ccc(-c2cccc3c4ccccc4c4nc[n-]c4c23)nc1. The predicted molar refractivity (Wildman–Crippen MR) is 569 cm³/mol. The first-order chi connectivity index (χ1) is 68.8. The van der Waals surface area contributed by atoms with Crippen LogP contribution in [0.25, 0.3) is 181 Å². The largest absolute Gasteiger partial charge is 2.00 e. The minimum atomic E-state index is 0. The molecule has 0 saturated heterocycles. The Hall–Kier alpha value is -16.1. The van der Waals surface area contributed by atoms with Crippen molar-refractivity contribution in [1.29, 1.82) is 0 Å². The van der Waals surface area contributed by atoms with Crippen molar-refractivity contribution in [2.75, 3.05) is 0 Å². The number of rotatable bonds is 14. The first-order valence-corrected chi connectivity index (χ1v) is 45.7. The minimum Gasteiger partial charge on any atom is -0.661 e. The van der Waals surface area contributed by atoms with Gasteiger partial charge in [0.25, 0.3) is 0 Å². The van der Waals surface area contributed by atoms with E-state index >= 15 is 0 Å². The van der Waals surface area contributed by atoms with Crippen LogP contribution in [-0.2, 0) is 77.9 Å². The number of benzene rings is 8. The molecule has 20 nitrogen and oxygen atoms in total. The van der Waals surface area contributed by atoms with E-state index in [1.165, 1.54) is 43.8 Å². The summed E-state index contributed by atoms with van der Waals surface area (Å²) in [5.41, 5.74) is 31.4. The van der Waals surface area contributed by atoms with Gasteiger partial charge in [-0.3, -0.25) is 39.9 Å². The molecule has 144 heavy (non-hydrogen) atoms. The maximum atomic E-state index is 4.64. The third kappa shape index (κ3) is 27.0. The van der Waals surface area contributed by atoms with Gasteiger partial charge >= 0.3 is 77.9 Å². The number of hydrogen-bond donors (Lipinski definition) is 0. The van der Waals surface area contributed by atoms with E-state index in [4.69, 9.17) is 0 Å². The van der Waals surface area contributed by atoms with Crippen LogP contribution in [0.5, 0.6) is 0 Å². The summed E-state index contributed by atoms with van der Waals surface area (Å²) in [6.45, 7) is 16.4. The van der Waals surface area contributed by atoms with Gasteiger partial charge in [-0.15, -0.1) is 22.8 Å². The average Bonchev–Trinajstić information content (AvgIpc) is 1.45. The fraction of sp³-hybridized carbons (Fsp3) is 0.0667. The second kappa shape index (κ2) is 52.4. The number of hydrogen-bond acceptors (Lipinski definition) is 12. The van der Waals surface area contributed by atoms with Crippen molar-refractivity contribution >= 4 is 114 Å². The van der Waals surface area contributed by atoms with Crippen LogP contribution < -0.4 is 39.9 Å². The van der Waals surface area contributed by atoms with Gasteiger partial charge in [-0.1, -0.05) is 330 Å². The number of imidazole rings is 4. The molecule has 24 rings (SSSR count). The molecule has 24 heteroatoms. The van der Waals surface area contributed by atoms with Crippen LogP contribution in [0.3, 0.4) is 0 Å². The smallest absolute Gasteiger partial charge is 0.661 e. The Labute approximate surface area is 887 Å². The number of nitrogens with zero attached hydrogens (tertiary/aromatic N) is 20. The zero-order chi connectivity index (χ0) is 96.1. The summed E-state index contributed by atoms with van der Waals surface area (Å²) in [7, 11) is 0. The van der Waals surface area contributed by atoms with Gasteiger partial charge < -0.3 is 59.8 Å². The van der Waals surface area contributed by atoms with Gasteiger partial charge in [0.05, 0.1) is 45.6 Å². The molecule has 0 fully saturated rings. The normalized spacial score (nSPS) is 10.7. The monoisotopic (exact) mass is 2070 g/mol. The predicted octanol–water partition coefficient (Wildman–Crippen LogP) is 26.0. The molecular formula is C120H96N20Zn4. The topological polar surface area (TPSA) is 267 Å². The van der Waals surface area contributed by atoms with Crippen molar-refractivity contribution in [3.63, 3.8) is 0 Å². The molecule has 0 amide bonds. The summed E-state index contributed by atoms with van der Waals surface area (Å²) < 4.78 is 0. The molecule has 0 atom stereocenters. The maximum absolute atomic E-state index is 4.64. The molecule has 684 valence electrons. The van der Waals surface area contributed by atoms with Crippen LogP contribution in [0.4, 0.5) is 0 Å². The van der Waals surface area contributed by atoms with E-state index in [0.717, 1.165) is 168 Å². The summed E-state index contributed by atoms with van der Waals surface area (Å²) in [6.07, 6.45) is 39.7. The van der Waals surface area contributed by atoms with Crippen molar-refractivity contribution in [3.8, 4) is 67.5 Å². The Morgan fingerprint density at radius 3 is 0.778 bits per heavy atom. The first kappa shape index (κ1) is 105. The fourth-order valence-electron chi connectivity index (χ4n) is 16.4. The number of aryl methyl sites for hydroxylation is 8. The van der Waals surface area contributed by atoms with E-state index in [2.05, 4.69) is 249 Å². The third-order valence-electron chi connectivity index (χ3n) is 22.6. The summed E-state index contributed by atoms with van der Waals surface area (Å²) in [5, 5.41) is 9.32. The van der Waals surface area contributed by atoms with Crippen LogP contribution in [0, 0.1) is 55.4 Å². The van der Waals surface area contributed by atoms with E-state index < -0.39 is 0 Å². The number of pyridine rings is 8. The Morgan fingerprint density at radius 1 is 0.208 bits per heavy atom. The van der Waals surface area contributed by atoms with Crippen molar-refractivity contribution in [1.82, 2.24) is 99.7 Å². The molecule has 0 aliphatic heterocycles. The van der Waals surface area contributed by atoms with Gasteiger partial charge in [0, 0.05) is 71.8 Å². The van der Waals surface area contributed by atoms with Crippen LogP contribution in [-0.4, -0.2) is 59.8 Å². The standard InChI is InChI=1S/2C20H12N3.2C17H15N2.2C13H13N2.2C10H8N3.4Zn/c2*1-2-7-15-13(6-1)14-8-5-9-16(17-10-3-4-11-21-17)18(14)20-19(15)22-12-23-20;2*1-12-11-13(2)19-17(12)15-8-4-3-7-14(15)16-9-5-6-10-18-16;2*1-10-9-11(2)15-13(10)7-6-12-5-3-4-8-14-12;2*1-2-6-11-9(3-1)4-5-10-12-7-8-13-10;;;;/h2*1-12H;2*3-11H,1-2H3;2*3-9H,1-2H3;2*1-8H;;;;/q8*-1;4*+2. The van der Waals surface area contributed by atoms with E-state index in [-0.39, 0.29) is 77.9 Å². The summed E-state index contributed by atoms with van der Waals surface area (Å²) in [5.74, 6) is 1.43. The minimum absolute atomic E-state index is 0. The van der Waals surface area contributed by atoms with Crippen LogP contribution in [0.15, 0.2) is 390 Å². The quantitative estimate of drug-likeness (QED) is 0.0723. The van der Waals surface area contributed by atoms with Crippen molar-refractivity contribution < 1.29 is 77.9 Å². The van der Waals surface area contributed by atoms with Gasteiger partial charge in [-0.2, -0.15) is 22.8 Å². The zero-order valence-corrected chi connectivity index (χ0v) is 93.2. The molecule has 16 heterocycles. The van der Waals surface area contributed by atoms with E-state index in [1.54, 1.807) is 62.2 Å². The van der Waals surface area contributed by atoms with E-state index in [1.807, 2.05) is 283 Å². The van der Waals surface area contributed by atoms with Crippen molar-refractivity contribution in [2.45, 2.75) is 55.4 Å². The Morgan fingerprint density at radius 2 is 0.486 bits per heavy atom. The molecule has 0 aliphatic carbocycles. The molecule has 0 bridgehead atoms. The van der Waals surface area contributed by atoms with Crippen molar-refractivity contribution in [3.05, 3.63) is 481 Å². The number of aromatic nitrogens is 20. The Bertz CT molecular complexity index is 7770. The fourth-order valence-corrected chi connectivity index (χ4v) is 16.4. The molecule has 16 aromatic heterocycles. The molecule has 24 aromatic rings. The van der Waals surface area contributed by atoms with Gasteiger partial charge in [0.1, 0.15) is 0 Å². The molecular weight excluding hydrogens is 1980 g/mol. The Kier molecular flexibility index (Phi) is 38.3. The molecule has 0 N–H and O–H groups in total. The second-order valence-corrected chi connectivity index (χ2v) is 32.6. The molecule has 8 aromatic carbocycles. The average molecular weight is 2080 g/mol. The van der Waals surface area contributed by atoms with Gasteiger partial charge in [-0.25, -0.2) is 0 Å². The summed E-state index contributed by atoms with van der Waals surface area (Å²) in [6, 6.07) is 102. The van der Waals surface area contributed by atoms with Crippen molar-refractivity contribution in [2.24, 2.45) is 0 Å². The van der Waals surface area contributed by atoms with Gasteiger partial charge in [-0.05, 0) is 225 Å². The number of fused-ring (bicyclic) bond motifs is 12. The van der Waals surface area contributed by atoms with Crippen LogP contribution >= 0.6 is 0 Å². The molecule has 0 unspecified atom stereocenters. The second-order valence-electron chi connectivity index (χ2n) is 32.6. The first-order valence-electron chi connectivity index (χ1n) is 45.7. The summed E-state index contributed by atoms with van der Waals surface area (Å²) in [4.78, 5) is 86.8. The summed E-state index contributed by atoms with van der Waals surface area (Å²) >= 11 is 0. The molecule has 0 radical (unpaired) electrons. The Balaban J connectivity index is 0.000000139. The molecule has 0 saturated carbocycles. The van der Waals surface area contributed by atoms with Gasteiger partial charge in [0.2, 0.25) is 0 Å². The molecule has 0 aliphatic rings. The van der Waals surface area contributed by atoms with E-state index in [9.17, 15) is 0 Å². The van der Waals surface area contributed by atoms with Crippen LogP contribution in [0.2, 0.25) is 0 Å². The van der Waals surface area contributed by atoms with Gasteiger partial charge in [0.15, 0.2) is 0 Å². The molecule has 0 spiro atoms.